The third kappa shape index (κ3) is 2.90. The highest BCUT2D eigenvalue weighted by atomic mass is 35.5. The molecule has 19 heavy (non-hydrogen) atoms. The first-order chi connectivity index (χ1) is 9.24. The molecule has 3 heteroatoms. The van der Waals surface area contributed by atoms with E-state index < -0.39 is 0 Å². The van der Waals surface area contributed by atoms with Crippen molar-refractivity contribution in [2.45, 2.75) is 19.3 Å². The average Bonchev–Trinajstić information content (AvgIpc) is 3.23. The standard InChI is InChI=1S/C16H14ClFO/c17-14-9-8-12(10-11-6-7-11)15(18)16(14)19-13-4-2-1-3-5-13/h1-5,8-9,11H,6-7,10H2. The van der Waals surface area contributed by atoms with Crippen LogP contribution in [0.25, 0.3) is 0 Å². The Balaban J connectivity index is 1.90. The van der Waals surface area contributed by atoms with Crippen LogP contribution < -0.4 is 4.74 Å². The van der Waals surface area contributed by atoms with Gasteiger partial charge < -0.3 is 4.74 Å². The first kappa shape index (κ1) is 12.5. The molecule has 3 rings (SSSR count). The minimum absolute atomic E-state index is 0.131. The average molecular weight is 277 g/mol. The van der Waals surface area contributed by atoms with Crippen LogP contribution in [0.15, 0.2) is 42.5 Å². The smallest absolute Gasteiger partial charge is 0.181 e. The maximum absolute atomic E-state index is 14.4. The molecule has 0 aromatic heterocycles. The Morgan fingerprint density at radius 2 is 1.84 bits per heavy atom. The number of halogens is 2. The summed E-state index contributed by atoms with van der Waals surface area (Å²) < 4.78 is 20.0. The van der Waals surface area contributed by atoms with Crippen LogP contribution in [0.4, 0.5) is 4.39 Å². The molecule has 0 saturated heterocycles. The summed E-state index contributed by atoms with van der Waals surface area (Å²) in [4.78, 5) is 0. The minimum Gasteiger partial charge on any atom is -0.453 e. The highest BCUT2D eigenvalue weighted by Gasteiger charge is 2.24. The molecule has 0 radical (unpaired) electrons. The van der Waals surface area contributed by atoms with E-state index in [4.69, 9.17) is 16.3 Å². The molecule has 2 aromatic carbocycles. The van der Waals surface area contributed by atoms with Gasteiger partial charge in [-0.15, -0.1) is 0 Å². The first-order valence-corrected chi connectivity index (χ1v) is 6.81. The molecule has 0 spiro atoms. The van der Waals surface area contributed by atoms with Gasteiger partial charge in [-0.3, -0.25) is 0 Å². The molecular weight excluding hydrogens is 263 g/mol. The maximum atomic E-state index is 14.4. The van der Waals surface area contributed by atoms with Crippen molar-refractivity contribution in [3.63, 3.8) is 0 Å². The zero-order valence-electron chi connectivity index (χ0n) is 10.4. The fourth-order valence-corrected chi connectivity index (χ4v) is 2.25. The third-order valence-electron chi connectivity index (χ3n) is 3.30. The van der Waals surface area contributed by atoms with Gasteiger partial charge in [0.25, 0.3) is 0 Å². The van der Waals surface area contributed by atoms with Crippen LogP contribution >= 0.6 is 11.6 Å². The molecule has 1 saturated carbocycles. The van der Waals surface area contributed by atoms with E-state index in [1.165, 1.54) is 12.8 Å². The molecule has 1 fully saturated rings. The predicted octanol–water partition coefficient (Wildman–Crippen LogP) is 5.22. The normalized spacial score (nSPS) is 14.4. The van der Waals surface area contributed by atoms with Crippen LogP contribution in [0.5, 0.6) is 11.5 Å². The number of benzene rings is 2. The second-order valence-corrected chi connectivity index (χ2v) is 5.32. The van der Waals surface area contributed by atoms with E-state index in [2.05, 4.69) is 0 Å². The van der Waals surface area contributed by atoms with Crippen molar-refractivity contribution in [2.75, 3.05) is 0 Å². The Labute approximate surface area is 117 Å². The van der Waals surface area contributed by atoms with Gasteiger partial charge in [0, 0.05) is 0 Å². The number of rotatable bonds is 4. The first-order valence-electron chi connectivity index (χ1n) is 6.44. The van der Waals surface area contributed by atoms with Crippen LogP contribution in [0, 0.1) is 11.7 Å². The molecule has 0 unspecified atom stereocenters. The predicted molar refractivity (Wildman–Crippen MR) is 74.4 cm³/mol. The highest BCUT2D eigenvalue weighted by molar-refractivity contribution is 6.32. The van der Waals surface area contributed by atoms with Gasteiger partial charge in [0.1, 0.15) is 5.75 Å². The van der Waals surface area contributed by atoms with Crippen LogP contribution in [-0.4, -0.2) is 0 Å². The van der Waals surface area contributed by atoms with Crippen molar-refractivity contribution in [3.05, 3.63) is 58.9 Å². The van der Waals surface area contributed by atoms with Crippen LogP contribution in [-0.2, 0) is 6.42 Å². The Morgan fingerprint density at radius 1 is 1.11 bits per heavy atom. The van der Waals surface area contributed by atoms with E-state index in [0.29, 0.717) is 22.3 Å². The zero-order valence-corrected chi connectivity index (χ0v) is 11.2. The molecule has 1 nitrogen and oxygen atoms in total. The lowest BCUT2D eigenvalue weighted by Gasteiger charge is -2.11. The third-order valence-corrected chi connectivity index (χ3v) is 3.60. The van der Waals surface area contributed by atoms with Gasteiger partial charge in [-0.2, -0.15) is 0 Å². The van der Waals surface area contributed by atoms with Gasteiger partial charge >= 0.3 is 0 Å². The molecule has 0 amide bonds. The Kier molecular flexibility index (Phi) is 3.43. The topological polar surface area (TPSA) is 9.23 Å². The van der Waals surface area contributed by atoms with Crippen molar-refractivity contribution in [1.82, 2.24) is 0 Å². The zero-order chi connectivity index (χ0) is 13.2. The Morgan fingerprint density at radius 3 is 2.53 bits per heavy atom. The lowest BCUT2D eigenvalue weighted by atomic mass is 10.1. The van der Waals surface area contributed by atoms with Crippen LogP contribution in [0.1, 0.15) is 18.4 Å². The van der Waals surface area contributed by atoms with E-state index >= 15 is 0 Å². The minimum atomic E-state index is -0.330. The Hall–Kier alpha value is -1.54. The van der Waals surface area contributed by atoms with Crippen molar-refractivity contribution in [3.8, 4) is 11.5 Å². The summed E-state index contributed by atoms with van der Waals surface area (Å²) >= 11 is 6.04. The molecule has 1 aliphatic rings. The highest BCUT2D eigenvalue weighted by Crippen LogP contribution is 2.38. The summed E-state index contributed by atoms with van der Waals surface area (Å²) in [5, 5.41) is 0.306. The molecule has 0 heterocycles. The summed E-state index contributed by atoms with van der Waals surface area (Å²) in [5.74, 6) is 1.02. The van der Waals surface area contributed by atoms with E-state index in [1.807, 2.05) is 18.2 Å². The van der Waals surface area contributed by atoms with Gasteiger partial charge in [0.15, 0.2) is 11.6 Å². The van der Waals surface area contributed by atoms with E-state index in [9.17, 15) is 4.39 Å². The molecule has 0 bridgehead atoms. The molecule has 2 aromatic rings. The lowest BCUT2D eigenvalue weighted by Crippen LogP contribution is -1.97. The fourth-order valence-electron chi connectivity index (χ4n) is 2.06. The summed E-state index contributed by atoms with van der Waals surface area (Å²) in [6.45, 7) is 0. The molecule has 1 aliphatic carbocycles. The number of ether oxygens (including phenoxy) is 1. The van der Waals surface area contributed by atoms with Crippen LogP contribution in [0.3, 0.4) is 0 Å². The van der Waals surface area contributed by atoms with E-state index in [-0.39, 0.29) is 11.6 Å². The molecule has 98 valence electrons. The molecule has 0 aliphatic heterocycles. The summed E-state index contributed by atoms with van der Waals surface area (Å²) in [6.07, 6.45) is 3.15. The monoisotopic (exact) mass is 276 g/mol. The van der Waals surface area contributed by atoms with Crippen molar-refractivity contribution in [2.24, 2.45) is 5.92 Å². The quantitative estimate of drug-likeness (QED) is 0.743. The SMILES string of the molecule is Fc1c(CC2CC2)ccc(Cl)c1Oc1ccccc1. The summed E-state index contributed by atoms with van der Waals surface area (Å²) in [5.41, 5.74) is 0.692. The summed E-state index contributed by atoms with van der Waals surface area (Å²) in [7, 11) is 0. The number of hydrogen-bond donors (Lipinski definition) is 0. The summed E-state index contributed by atoms with van der Waals surface area (Å²) in [6, 6.07) is 12.6. The lowest BCUT2D eigenvalue weighted by molar-refractivity contribution is 0.438. The molecule has 0 N–H and O–H groups in total. The second-order valence-electron chi connectivity index (χ2n) is 4.91. The van der Waals surface area contributed by atoms with E-state index in [0.717, 1.165) is 6.42 Å². The number of hydrogen-bond acceptors (Lipinski definition) is 1. The van der Waals surface area contributed by atoms with Gasteiger partial charge in [0.05, 0.1) is 5.02 Å². The maximum Gasteiger partial charge on any atom is 0.181 e. The molecule has 0 atom stereocenters. The van der Waals surface area contributed by atoms with Gasteiger partial charge in [-0.1, -0.05) is 35.9 Å². The van der Waals surface area contributed by atoms with Crippen molar-refractivity contribution >= 4 is 11.6 Å². The van der Waals surface area contributed by atoms with Crippen molar-refractivity contribution < 1.29 is 9.13 Å². The van der Waals surface area contributed by atoms with Crippen LogP contribution in [0.2, 0.25) is 5.02 Å². The largest absolute Gasteiger partial charge is 0.453 e. The Bertz CT molecular complexity index is 579. The number of para-hydroxylation sites is 1. The van der Waals surface area contributed by atoms with Gasteiger partial charge in [-0.05, 0) is 48.9 Å². The molecular formula is C16H14ClFO. The van der Waals surface area contributed by atoms with Crippen molar-refractivity contribution in [1.29, 1.82) is 0 Å². The fraction of sp³-hybridized carbons (Fsp3) is 0.250. The van der Waals surface area contributed by atoms with E-state index in [1.54, 1.807) is 24.3 Å². The van der Waals surface area contributed by atoms with Gasteiger partial charge in [-0.25, -0.2) is 4.39 Å². The second kappa shape index (κ2) is 5.22. The van der Waals surface area contributed by atoms with Gasteiger partial charge in [0.2, 0.25) is 0 Å².